The number of hydrogen-bond donors (Lipinski definition) is 0. The molecule has 1 aromatic carbocycles. The van der Waals surface area contributed by atoms with E-state index in [1.807, 2.05) is 12.1 Å². The van der Waals surface area contributed by atoms with Crippen molar-refractivity contribution >= 4 is 34.2 Å². The fraction of sp³-hybridized carbons (Fsp3) is 0.182. The van der Waals surface area contributed by atoms with Crippen LogP contribution in [0.15, 0.2) is 29.0 Å². The van der Waals surface area contributed by atoms with Gasteiger partial charge in [-0.05, 0) is 35.1 Å². The SMILES string of the molecule is Cc1cccc(-c2ocnc2CCl)c1I. The van der Waals surface area contributed by atoms with Crippen LogP contribution >= 0.6 is 34.2 Å². The van der Waals surface area contributed by atoms with E-state index in [0.717, 1.165) is 17.0 Å². The highest BCUT2D eigenvalue weighted by Crippen LogP contribution is 2.30. The summed E-state index contributed by atoms with van der Waals surface area (Å²) in [5.74, 6) is 1.15. The summed E-state index contributed by atoms with van der Waals surface area (Å²) in [7, 11) is 0. The molecule has 0 bridgehead atoms. The summed E-state index contributed by atoms with van der Waals surface area (Å²) in [4.78, 5) is 4.08. The molecule has 0 aliphatic carbocycles. The van der Waals surface area contributed by atoms with Crippen LogP contribution in [0.1, 0.15) is 11.3 Å². The fourth-order valence-corrected chi connectivity index (χ4v) is 2.20. The molecular formula is C11H9ClINO. The largest absolute Gasteiger partial charge is 0.443 e. The molecule has 0 spiro atoms. The fourth-order valence-electron chi connectivity index (χ4n) is 1.41. The third kappa shape index (κ3) is 2.03. The Morgan fingerprint density at radius 2 is 2.27 bits per heavy atom. The molecule has 1 aromatic heterocycles. The highest BCUT2D eigenvalue weighted by Gasteiger charge is 2.13. The first-order chi connectivity index (χ1) is 7.24. The highest BCUT2D eigenvalue weighted by molar-refractivity contribution is 14.1. The Balaban J connectivity index is 2.59. The van der Waals surface area contributed by atoms with Crippen molar-refractivity contribution in [1.82, 2.24) is 4.98 Å². The summed E-state index contributed by atoms with van der Waals surface area (Å²) >= 11 is 8.10. The number of hydrogen-bond acceptors (Lipinski definition) is 2. The van der Waals surface area contributed by atoms with Crippen LogP contribution in [0.5, 0.6) is 0 Å². The van der Waals surface area contributed by atoms with E-state index in [2.05, 4.69) is 40.6 Å². The number of alkyl halides is 1. The molecule has 0 atom stereocenters. The molecule has 15 heavy (non-hydrogen) atoms. The van der Waals surface area contributed by atoms with E-state index >= 15 is 0 Å². The zero-order chi connectivity index (χ0) is 10.8. The minimum Gasteiger partial charge on any atom is -0.443 e. The zero-order valence-corrected chi connectivity index (χ0v) is 11.0. The molecule has 2 rings (SSSR count). The van der Waals surface area contributed by atoms with Crippen molar-refractivity contribution in [2.75, 3.05) is 0 Å². The van der Waals surface area contributed by atoms with Crippen molar-refractivity contribution in [3.63, 3.8) is 0 Å². The first-order valence-electron chi connectivity index (χ1n) is 4.48. The Morgan fingerprint density at radius 3 is 3.00 bits per heavy atom. The molecular weight excluding hydrogens is 324 g/mol. The standard InChI is InChI=1S/C11H9ClINO/c1-7-3-2-4-8(10(7)13)11-9(5-12)14-6-15-11/h2-4,6H,5H2,1H3. The lowest BCUT2D eigenvalue weighted by Gasteiger charge is -2.04. The predicted molar refractivity (Wildman–Crippen MR) is 69.0 cm³/mol. The van der Waals surface area contributed by atoms with Crippen molar-refractivity contribution < 1.29 is 4.42 Å². The van der Waals surface area contributed by atoms with E-state index in [0.29, 0.717) is 5.88 Å². The molecule has 2 aromatic rings. The van der Waals surface area contributed by atoms with Crippen LogP contribution in [-0.4, -0.2) is 4.98 Å². The van der Waals surface area contributed by atoms with E-state index < -0.39 is 0 Å². The summed E-state index contributed by atoms with van der Waals surface area (Å²) in [5.41, 5.74) is 3.08. The minimum atomic E-state index is 0.371. The van der Waals surface area contributed by atoms with Gasteiger partial charge in [-0.25, -0.2) is 4.98 Å². The first-order valence-corrected chi connectivity index (χ1v) is 6.09. The molecule has 78 valence electrons. The molecule has 2 nitrogen and oxygen atoms in total. The molecule has 0 aliphatic rings. The molecule has 1 heterocycles. The summed E-state index contributed by atoms with van der Waals surface area (Å²) < 4.78 is 6.56. The molecule has 0 amide bonds. The molecule has 0 saturated heterocycles. The van der Waals surface area contributed by atoms with Crippen LogP contribution in [0.3, 0.4) is 0 Å². The average Bonchev–Trinajstić information content (AvgIpc) is 2.70. The van der Waals surface area contributed by atoms with Gasteiger partial charge in [0.1, 0.15) is 5.69 Å². The minimum absolute atomic E-state index is 0.371. The van der Waals surface area contributed by atoms with E-state index in [4.69, 9.17) is 16.0 Å². The Bertz CT molecular complexity index is 481. The maximum absolute atomic E-state index is 5.79. The topological polar surface area (TPSA) is 26.0 Å². The average molecular weight is 334 g/mol. The van der Waals surface area contributed by atoms with Gasteiger partial charge in [-0.3, -0.25) is 0 Å². The number of halogens is 2. The van der Waals surface area contributed by atoms with Gasteiger partial charge in [0, 0.05) is 9.13 Å². The van der Waals surface area contributed by atoms with Crippen LogP contribution < -0.4 is 0 Å². The molecule has 0 N–H and O–H groups in total. The lowest BCUT2D eigenvalue weighted by atomic mass is 10.1. The lowest BCUT2D eigenvalue weighted by molar-refractivity contribution is 0.571. The smallest absolute Gasteiger partial charge is 0.181 e. The third-order valence-electron chi connectivity index (χ3n) is 2.20. The molecule has 4 heteroatoms. The van der Waals surface area contributed by atoms with Crippen molar-refractivity contribution in [3.8, 4) is 11.3 Å². The molecule has 0 fully saturated rings. The second-order valence-electron chi connectivity index (χ2n) is 3.20. The van der Waals surface area contributed by atoms with Crippen LogP contribution in [0.2, 0.25) is 0 Å². The number of aromatic nitrogens is 1. The van der Waals surface area contributed by atoms with Gasteiger partial charge in [-0.1, -0.05) is 18.2 Å². The Labute approximate surface area is 107 Å². The molecule has 0 saturated carbocycles. The van der Waals surface area contributed by atoms with Crippen molar-refractivity contribution in [2.45, 2.75) is 12.8 Å². The van der Waals surface area contributed by atoms with Gasteiger partial charge in [0.2, 0.25) is 0 Å². The van der Waals surface area contributed by atoms with Gasteiger partial charge in [0.25, 0.3) is 0 Å². The summed E-state index contributed by atoms with van der Waals surface area (Å²) in [6.45, 7) is 2.07. The third-order valence-corrected chi connectivity index (χ3v) is 3.89. The van der Waals surface area contributed by atoms with Gasteiger partial charge in [-0.2, -0.15) is 0 Å². The van der Waals surface area contributed by atoms with Gasteiger partial charge < -0.3 is 4.42 Å². The van der Waals surface area contributed by atoms with Gasteiger partial charge >= 0.3 is 0 Å². The summed E-state index contributed by atoms with van der Waals surface area (Å²) in [6, 6.07) is 6.10. The summed E-state index contributed by atoms with van der Waals surface area (Å²) in [5, 5.41) is 0. The van der Waals surface area contributed by atoms with Gasteiger partial charge in [0.15, 0.2) is 12.2 Å². The number of rotatable bonds is 2. The van der Waals surface area contributed by atoms with E-state index in [9.17, 15) is 0 Å². The first kappa shape index (κ1) is 11.0. The number of oxazole rings is 1. The second-order valence-corrected chi connectivity index (χ2v) is 4.54. The highest BCUT2D eigenvalue weighted by atomic mass is 127. The van der Waals surface area contributed by atoms with E-state index in [1.165, 1.54) is 15.5 Å². The van der Waals surface area contributed by atoms with Crippen molar-refractivity contribution in [2.24, 2.45) is 0 Å². The molecule has 0 radical (unpaired) electrons. The maximum Gasteiger partial charge on any atom is 0.181 e. The lowest BCUT2D eigenvalue weighted by Crippen LogP contribution is -1.88. The number of benzene rings is 1. The van der Waals surface area contributed by atoms with Crippen LogP contribution in [0.25, 0.3) is 11.3 Å². The normalized spacial score (nSPS) is 10.6. The van der Waals surface area contributed by atoms with E-state index in [-0.39, 0.29) is 0 Å². The van der Waals surface area contributed by atoms with Gasteiger partial charge in [0.05, 0.1) is 5.88 Å². The Kier molecular flexibility index (Phi) is 3.31. The van der Waals surface area contributed by atoms with Crippen molar-refractivity contribution in [3.05, 3.63) is 39.4 Å². The van der Waals surface area contributed by atoms with Gasteiger partial charge in [-0.15, -0.1) is 11.6 Å². The van der Waals surface area contributed by atoms with Crippen molar-refractivity contribution in [1.29, 1.82) is 0 Å². The number of nitrogens with zero attached hydrogens (tertiary/aromatic N) is 1. The number of aryl methyl sites for hydroxylation is 1. The molecule has 0 unspecified atom stereocenters. The second kappa shape index (κ2) is 4.53. The Morgan fingerprint density at radius 1 is 1.47 bits per heavy atom. The summed E-state index contributed by atoms with van der Waals surface area (Å²) in [6.07, 6.45) is 1.44. The molecule has 0 aliphatic heterocycles. The van der Waals surface area contributed by atoms with Crippen LogP contribution in [0.4, 0.5) is 0 Å². The predicted octanol–water partition coefficient (Wildman–Crippen LogP) is 3.99. The quantitative estimate of drug-likeness (QED) is 0.613. The Hall–Kier alpha value is -0.550. The van der Waals surface area contributed by atoms with E-state index in [1.54, 1.807) is 0 Å². The van der Waals surface area contributed by atoms with Crippen LogP contribution in [-0.2, 0) is 5.88 Å². The van der Waals surface area contributed by atoms with Crippen LogP contribution in [0, 0.1) is 10.5 Å². The maximum atomic E-state index is 5.79. The zero-order valence-electron chi connectivity index (χ0n) is 8.13. The monoisotopic (exact) mass is 333 g/mol.